The first-order valence-electron chi connectivity index (χ1n) is 5.54. The van der Waals surface area contributed by atoms with Crippen molar-refractivity contribution in [1.29, 1.82) is 0 Å². The van der Waals surface area contributed by atoms with Crippen LogP contribution in [0.3, 0.4) is 0 Å². The van der Waals surface area contributed by atoms with Gasteiger partial charge in [0.15, 0.2) is 0 Å². The van der Waals surface area contributed by atoms with Crippen LogP contribution in [0.5, 0.6) is 0 Å². The molecule has 0 atom stereocenters. The Bertz CT molecular complexity index is 497. The van der Waals surface area contributed by atoms with E-state index in [1.807, 2.05) is 0 Å². The molecule has 0 radical (unpaired) electrons. The van der Waals surface area contributed by atoms with Crippen LogP contribution in [0.25, 0.3) is 0 Å². The van der Waals surface area contributed by atoms with Crippen LogP contribution < -0.4 is 10.0 Å². The average Bonchev–Trinajstić information content (AvgIpc) is 3.11. The van der Waals surface area contributed by atoms with E-state index in [4.69, 9.17) is 10.8 Å². The second-order valence-corrected chi connectivity index (χ2v) is 6.24. The summed E-state index contributed by atoms with van der Waals surface area (Å²) in [4.78, 5) is 0. The van der Waals surface area contributed by atoms with E-state index in [2.05, 4.69) is 0 Å². The van der Waals surface area contributed by atoms with Crippen LogP contribution in [0.4, 0.5) is 11.4 Å². The lowest BCUT2D eigenvalue weighted by molar-refractivity contribution is 0.306. The lowest BCUT2D eigenvalue weighted by Crippen LogP contribution is -2.36. The van der Waals surface area contributed by atoms with E-state index in [9.17, 15) is 8.42 Å². The molecule has 1 aliphatic rings. The van der Waals surface area contributed by atoms with E-state index in [-0.39, 0.29) is 18.4 Å². The number of nitrogen functional groups attached to an aromatic ring is 1. The number of nitrogens with zero attached hydrogens (tertiary/aromatic N) is 1. The van der Waals surface area contributed by atoms with E-state index < -0.39 is 10.0 Å². The van der Waals surface area contributed by atoms with Crippen molar-refractivity contribution in [3.05, 3.63) is 24.3 Å². The molecule has 3 N–H and O–H groups in total. The van der Waals surface area contributed by atoms with Gasteiger partial charge in [0.1, 0.15) is 0 Å². The molecular formula is C11H16N2O3S. The molecule has 2 rings (SSSR count). The van der Waals surface area contributed by atoms with Crippen molar-refractivity contribution in [3.8, 4) is 0 Å². The summed E-state index contributed by atoms with van der Waals surface area (Å²) < 4.78 is 25.6. The van der Waals surface area contributed by atoms with E-state index in [0.29, 0.717) is 24.2 Å². The third kappa shape index (κ3) is 2.37. The Hall–Kier alpha value is -1.27. The Kier molecular flexibility index (Phi) is 3.26. The third-order valence-corrected chi connectivity index (χ3v) is 5.07. The van der Waals surface area contributed by atoms with Gasteiger partial charge in [-0.25, -0.2) is 8.42 Å². The number of anilines is 2. The first kappa shape index (κ1) is 12.2. The predicted molar refractivity (Wildman–Crippen MR) is 67.2 cm³/mol. The highest BCUT2D eigenvalue weighted by molar-refractivity contribution is 7.93. The molecule has 17 heavy (non-hydrogen) atoms. The van der Waals surface area contributed by atoms with Crippen LogP contribution >= 0.6 is 0 Å². The molecule has 1 aromatic carbocycles. The van der Waals surface area contributed by atoms with Crippen molar-refractivity contribution >= 4 is 21.4 Å². The number of hydrogen-bond donors (Lipinski definition) is 2. The molecule has 0 unspecified atom stereocenters. The third-order valence-electron chi connectivity index (χ3n) is 2.76. The lowest BCUT2D eigenvalue weighted by atomic mass is 10.3. The molecule has 94 valence electrons. The van der Waals surface area contributed by atoms with Crippen LogP contribution in [0.15, 0.2) is 24.3 Å². The molecule has 1 aromatic rings. The summed E-state index contributed by atoms with van der Waals surface area (Å²) in [6, 6.07) is 6.80. The summed E-state index contributed by atoms with van der Waals surface area (Å²) in [5, 5.41) is 8.70. The van der Waals surface area contributed by atoms with E-state index in [0.717, 1.165) is 0 Å². The van der Waals surface area contributed by atoms with E-state index >= 15 is 0 Å². The van der Waals surface area contributed by atoms with E-state index in [1.165, 1.54) is 4.31 Å². The molecule has 0 spiro atoms. The van der Waals surface area contributed by atoms with Gasteiger partial charge in [-0.1, -0.05) is 12.1 Å². The first-order chi connectivity index (χ1) is 8.07. The van der Waals surface area contributed by atoms with Crippen LogP contribution in [-0.2, 0) is 10.0 Å². The fraction of sp³-hybridized carbons (Fsp3) is 0.455. The summed E-state index contributed by atoms with van der Waals surface area (Å²) in [5.74, 6) is 0. The number of sulfonamides is 1. The van der Waals surface area contributed by atoms with Crippen molar-refractivity contribution in [2.75, 3.05) is 23.2 Å². The Morgan fingerprint density at radius 2 is 2.00 bits per heavy atom. The van der Waals surface area contributed by atoms with Crippen LogP contribution in [0.2, 0.25) is 0 Å². The number of aliphatic hydroxyl groups is 1. The molecule has 0 aliphatic heterocycles. The fourth-order valence-corrected chi connectivity index (χ4v) is 3.60. The van der Waals surface area contributed by atoms with Gasteiger partial charge >= 0.3 is 0 Å². The Morgan fingerprint density at radius 1 is 1.35 bits per heavy atom. The molecule has 0 saturated heterocycles. The van der Waals surface area contributed by atoms with Crippen LogP contribution in [0, 0.1) is 0 Å². The van der Waals surface area contributed by atoms with Gasteiger partial charge in [0, 0.05) is 0 Å². The average molecular weight is 256 g/mol. The van der Waals surface area contributed by atoms with Crippen molar-refractivity contribution in [3.63, 3.8) is 0 Å². The van der Waals surface area contributed by atoms with Gasteiger partial charge in [-0.3, -0.25) is 4.31 Å². The number of nitrogens with two attached hydrogens (primary N) is 1. The van der Waals surface area contributed by atoms with Crippen LogP contribution in [-0.4, -0.2) is 31.9 Å². The van der Waals surface area contributed by atoms with Gasteiger partial charge < -0.3 is 10.8 Å². The Balaban J connectivity index is 2.39. The predicted octanol–water partition coefficient (Wildman–Crippen LogP) is 0.560. The van der Waals surface area contributed by atoms with Gasteiger partial charge in [0.05, 0.1) is 29.8 Å². The maximum absolute atomic E-state index is 12.2. The fourth-order valence-electron chi connectivity index (χ4n) is 1.74. The molecule has 1 fully saturated rings. The van der Waals surface area contributed by atoms with Crippen molar-refractivity contribution < 1.29 is 13.5 Å². The van der Waals surface area contributed by atoms with Crippen molar-refractivity contribution in [2.24, 2.45) is 0 Å². The van der Waals surface area contributed by atoms with Gasteiger partial charge in [-0.2, -0.15) is 0 Å². The quantitative estimate of drug-likeness (QED) is 0.754. The summed E-state index contributed by atoms with van der Waals surface area (Å²) in [6.07, 6.45) is 1.38. The minimum Gasteiger partial charge on any atom is -0.397 e. The molecule has 6 heteroatoms. The number of benzene rings is 1. The highest BCUT2D eigenvalue weighted by Crippen LogP contribution is 2.35. The highest BCUT2D eigenvalue weighted by atomic mass is 32.2. The SMILES string of the molecule is Nc1ccccc1N(CCO)S(=O)(=O)C1CC1. The van der Waals surface area contributed by atoms with Crippen LogP contribution in [0.1, 0.15) is 12.8 Å². The Labute approximate surface area is 101 Å². The highest BCUT2D eigenvalue weighted by Gasteiger charge is 2.40. The molecule has 0 bridgehead atoms. The molecule has 1 saturated carbocycles. The lowest BCUT2D eigenvalue weighted by Gasteiger charge is -2.24. The maximum atomic E-state index is 12.2. The zero-order chi connectivity index (χ0) is 12.5. The minimum absolute atomic E-state index is 0.0487. The summed E-state index contributed by atoms with van der Waals surface area (Å²) in [7, 11) is -3.37. The molecule has 0 amide bonds. The van der Waals surface area contributed by atoms with Gasteiger partial charge in [0.25, 0.3) is 0 Å². The molecule has 5 nitrogen and oxygen atoms in total. The number of hydrogen-bond acceptors (Lipinski definition) is 4. The molecule has 0 heterocycles. The summed E-state index contributed by atoms with van der Waals surface area (Å²) in [5.41, 5.74) is 6.64. The summed E-state index contributed by atoms with van der Waals surface area (Å²) >= 11 is 0. The number of para-hydroxylation sites is 2. The smallest absolute Gasteiger partial charge is 0.238 e. The summed E-state index contributed by atoms with van der Waals surface area (Å²) in [6.45, 7) is -0.173. The normalized spacial score (nSPS) is 15.8. The monoisotopic (exact) mass is 256 g/mol. The maximum Gasteiger partial charge on any atom is 0.238 e. The standard InChI is InChI=1S/C11H16N2O3S/c12-10-3-1-2-4-11(10)13(7-8-14)17(15,16)9-5-6-9/h1-4,9,14H,5-8,12H2. The van der Waals surface area contributed by atoms with Crippen molar-refractivity contribution in [2.45, 2.75) is 18.1 Å². The number of rotatable bonds is 5. The van der Waals surface area contributed by atoms with Gasteiger partial charge in [-0.15, -0.1) is 0 Å². The second-order valence-electron chi connectivity index (χ2n) is 4.10. The first-order valence-corrected chi connectivity index (χ1v) is 7.04. The van der Waals surface area contributed by atoms with Crippen molar-refractivity contribution in [1.82, 2.24) is 0 Å². The zero-order valence-corrected chi connectivity index (χ0v) is 10.2. The second kappa shape index (κ2) is 4.54. The minimum atomic E-state index is -3.37. The van der Waals surface area contributed by atoms with Gasteiger partial charge in [0.2, 0.25) is 10.0 Å². The molecular weight excluding hydrogens is 240 g/mol. The topological polar surface area (TPSA) is 83.6 Å². The van der Waals surface area contributed by atoms with Gasteiger partial charge in [-0.05, 0) is 25.0 Å². The number of aliphatic hydroxyl groups excluding tert-OH is 1. The molecule has 1 aliphatic carbocycles. The van der Waals surface area contributed by atoms with E-state index in [1.54, 1.807) is 24.3 Å². The zero-order valence-electron chi connectivity index (χ0n) is 9.41. The molecule has 0 aromatic heterocycles. The largest absolute Gasteiger partial charge is 0.397 e. The Morgan fingerprint density at radius 3 is 2.53 bits per heavy atom.